The summed E-state index contributed by atoms with van der Waals surface area (Å²) in [5.41, 5.74) is 0. The van der Waals surface area contributed by atoms with E-state index in [2.05, 4.69) is 49.9 Å². The summed E-state index contributed by atoms with van der Waals surface area (Å²) < 4.78 is 0. The number of hydrogen-bond donors (Lipinski definition) is 0. The maximum Gasteiger partial charge on any atom is 0.103 e. The second-order valence-corrected chi connectivity index (χ2v) is 10.4. The van der Waals surface area contributed by atoms with E-state index in [1.165, 1.54) is 135 Å². The lowest BCUT2D eigenvalue weighted by Gasteiger charge is -2.36. The van der Waals surface area contributed by atoms with E-state index in [1.54, 1.807) is 0 Å². The zero-order valence-electron chi connectivity index (χ0n) is 22.1. The Hall–Kier alpha value is -0.660. The molecule has 184 valence electrons. The number of unbranched alkanes of at least 4 members (excludes halogenated alkanes) is 17. The van der Waals surface area contributed by atoms with Crippen LogP contribution >= 0.6 is 0 Å². The Morgan fingerprint density at radius 2 is 0.774 bits per heavy atom. The van der Waals surface area contributed by atoms with Crippen molar-refractivity contribution in [1.29, 1.82) is 0 Å². The number of nitrogens with zero attached hydrogens (tertiary/aromatic N) is 2. The molecule has 1 aliphatic rings. The molecule has 0 radical (unpaired) electrons. The number of rotatable bonds is 22. The van der Waals surface area contributed by atoms with Crippen molar-refractivity contribution in [2.45, 2.75) is 156 Å². The van der Waals surface area contributed by atoms with Gasteiger partial charge in [-0.25, -0.2) is 0 Å². The largest absolute Gasteiger partial charge is 0.356 e. The molecular weight excluding hydrogens is 376 g/mol. The molecule has 0 aliphatic carbocycles. The van der Waals surface area contributed by atoms with Crippen LogP contribution in [0.15, 0.2) is 12.4 Å². The van der Waals surface area contributed by atoms with Crippen molar-refractivity contribution in [1.82, 2.24) is 9.80 Å². The first-order chi connectivity index (χ1) is 15.2. The molecule has 0 N–H and O–H groups in total. The molecule has 1 aliphatic heterocycles. The Labute approximate surface area is 197 Å². The van der Waals surface area contributed by atoms with Crippen LogP contribution in [0.1, 0.15) is 150 Å². The Morgan fingerprint density at radius 1 is 0.484 bits per heavy atom. The van der Waals surface area contributed by atoms with Gasteiger partial charge in [-0.15, -0.1) is 0 Å². The van der Waals surface area contributed by atoms with E-state index in [0.29, 0.717) is 12.1 Å². The lowest BCUT2D eigenvalue weighted by Crippen LogP contribution is -2.43. The molecule has 0 bridgehead atoms. The summed E-state index contributed by atoms with van der Waals surface area (Å²) in [6.45, 7) is 11.9. The van der Waals surface area contributed by atoms with E-state index in [9.17, 15) is 0 Å². The molecule has 1 heterocycles. The second kappa shape index (κ2) is 20.0. The van der Waals surface area contributed by atoms with Crippen LogP contribution in [0.5, 0.6) is 0 Å². The minimum atomic E-state index is 0.590. The highest BCUT2D eigenvalue weighted by atomic mass is 15.4. The van der Waals surface area contributed by atoms with E-state index in [1.807, 2.05) is 0 Å². The second-order valence-electron chi connectivity index (χ2n) is 10.4. The summed E-state index contributed by atoms with van der Waals surface area (Å²) in [4.78, 5) is 5.26. The summed E-state index contributed by atoms with van der Waals surface area (Å²) in [5, 5.41) is 0. The van der Waals surface area contributed by atoms with E-state index >= 15 is 0 Å². The molecule has 0 amide bonds. The lowest BCUT2D eigenvalue weighted by atomic mass is 10.1. The monoisotopic (exact) mass is 434 g/mol. The van der Waals surface area contributed by atoms with Crippen LogP contribution in [0.4, 0.5) is 0 Å². The molecule has 31 heavy (non-hydrogen) atoms. The lowest BCUT2D eigenvalue weighted by molar-refractivity contribution is 0.104. The molecular formula is C29H58N2. The van der Waals surface area contributed by atoms with Crippen molar-refractivity contribution in [3.63, 3.8) is 0 Å². The van der Waals surface area contributed by atoms with Gasteiger partial charge in [0.1, 0.15) is 6.17 Å². The highest BCUT2D eigenvalue weighted by Crippen LogP contribution is 2.24. The fraction of sp³-hybridized carbons (Fsp3) is 0.931. The zero-order valence-corrected chi connectivity index (χ0v) is 22.1. The molecule has 1 rings (SSSR count). The normalized spacial score (nSPS) is 16.2. The van der Waals surface area contributed by atoms with Crippen LogP contribution in [-0.2, 0) is 0 Å². The molecule has 0 aromatic carbocycles. The van der Waals surface area contributed by atoms with Crippen LogP contribution in [0.3, 0.4) is 0 Å². The third-order valence-electron chi connectivity index (χ3n) is 7.02. The predicted molar refractivity (Wildman–Crippen MR) is 140 cm³/mol. The fourth-order valence-corrected chi connectivity index (χ4v) is 5.10. The fourth-order valence-electron chi connectivity index (χ4n) is 5.10. The van der Waals surface area contributed by atoms with Gasteiger partial charge in [-0.05, 0) is 18.8 Å². The molecule has 2 heteroatoms. The van der Waals surface area contributed by atoms with Gasteiger partial charge in [-0.3, -0.25) is 0 Å². The molecule has 1 unspecified atom stereocenters. The van der Waals surface area contributed by atoms with E-state index in [4.69, 9.17) is 0 Å². The van der Waals surface area contributed by atoms with Gasteiger partial charge in [0, 0.05) is 25.5 Å². The molecule has 0 saturated carbocycles. The van der Waals surface area contributed by atoms with Gasteiger partial charge in [0.15, 0.2) is 0 Å². The summed E-state index contributed by atoms with van der Waals surface area (Å²) in [7, 11) is 0. The van der Waals surface area contributed by atoms with Crippen molar-refractivity contribution in [2.24, 2.45) is 5.92 Å². The SMILES string of the molecule is CCCCCCCCCCCCN1C=CN(CCCCCCCCCCC)C1C(C)C. The van der Waals surface area contributed by atoms with Gasteiger partial charge < -0.3 is 9.80 Å². The highest BCUT2D eigenvalue weighted by Gasteiger charge is 2.28. The Kier molecular flexibility index (Phi) is 18.3. The van der Waals surface area contributed by atoms with Crippen molar-refractivity contribution >= 4 is 0 Å². The molecule has 2 nitrogen and oxygen atoms in total. The minimum absolute atomic E-state index is 0.590. The Bertz CT molecular complexity index is 404. The van der Waals surface area contributed by atoms with Gasteiger partial charge in [-0.2, -0.15) is 0 Å². The average Bonchev–Trinajstić information content (AvgIpc) is 3.17. The Balaban J connectivity index is 2.07. The van der Waals surface area contributed by atoms with Crippen LogP contribution in [0.25, 0.3) is 0 Å². The standard InChI is InChI=1S/C29H58N2/c1-5-7-9-11-13-15-17-19-21-23-25-31-27-26-30(29(31)28(3)4)24-22-20-18-16-14-12-10-8-6-2/h26-29H,5-25H2,1-4H3. The topological polar surface area (TPSA) is 6.48 Å². The van der Waals surface area contributed by atoms with Crippen LogP contribution in [0.2, 0.25) is 0 Å². The van der Waals surface area contributed by atoms with Gasteiger partial charge >= 0.3 is 0 Å². The minimum Gasteiger partial charge on any atom is -0.356 e. The predicted octanol–water partition coefficient (Wildman–Crippen LogP) is 9.51. The van der Waals surface area contributed by atoms with Crippen molar-refractivity contribution < 1.29 is 0 Å². The first kappa shape index (κ1) is 28.4. The van der Waals surface area contributed by atoms with Gasteiger partial charge in [0.25, 0.3) is 0 Å². The zero-order chi connectivity index (χ0) is 22.6. The van der Waals surface area contributed by atoms with Gasteiger partial charge in [-0.1, -0.05) is 137 Å². The van der Waals surface area contributed by atoms with Crippen molar-refractivity contribution in [3.8, 4) is 0 Å². The summed E-state index contributed by atoms with van der Waals surface area (Å²) in [6, 6.07) is 0. The van der Waals surface area contributed by atoms with Crippen LogP contribution in [0, 0.1) is 5.92 Å². The average molecular weight is 435 g/mol. The third-order valence-corrected chi connectivity index (χ3v) is 7.02. The summed E-state index contributed by atoms with van der Waals surface area (Å²) in [6.07, 6.45) is 32.3. The molecule has 0 aromatic heterocycles. The van der Waals surface area contributed by atoms with E-state index in [-0.39, 0.29) is 0 Å². The van der Waals surface area contributed by atoms with Gasteiger partial charge in [0.2, 0.25) is 0 Å². The molecule has 1 atom stereocenters. The summed E-state index contributed by atoms with van der Waals surface area (Å²) >= 11 is 0. The van der Waals surface area contributed by atoms with Crippen molar-refractivity contribution in [3.05, 3.63) is 12.4 Å². The quantitative estimate of drug-likeness (QED) is 0.156. The first-order valence-electron chi connectivity index (χ1n) is 14.4. The first-order valence-corrected chi connectivity index (χ1v) is 14.4. The van der Waals surface area contributed by atoms with Crippen LogP contribution in [-0.4, -0.2) is 29.1 Å². The smallest absolute Gasteiger partial charge is 0.103 e. The van der Waals surface area contributed by atoms with E-state index < -0.39 is 0 Å². The highest BCUT2D eigenvalue weighted by molar-refractivity contribution is 4.98. The summed E-state index contributed by atoms with van der Waals surface area (Å²) in [5.74, 6) is 0.691. The maximum absolute atomic E-state index is 2.63. The molecule has 0 spiro atoms. The van der Waals surface area contributed by atoms with Crippen molar-refractivity contribution in [2.75, 3.05) is 13.1 Å². The molecule has 0 fully saturated rings. The van der Waals surface area contributed by atoms with E-state index in [0.717, 1.165) is 0 Å². The molecule has 0 saturated heterocycles. The number of hydrogen-bond acceptors (Lipinski definition) is 2. The van der Waals surface area contributed by atoms with Crippen LogP contribution < -0.4 is 0 Å². The molecule has 0 aromatic rings. The third kappa shape index (κ3) is 14.2. The maximum atomic E-state index is 2.63. The van der Waals surface area contributed by atoms with Gasteiger partial charge in [0.05, 0.1) is 0 Å². The Morgan fingerprint density at radius 3 is 1.06 bits per heavy atom.